The number of anilines is 1. The van der Waals surface area contributed by atoms with Crippen LogP contribution in [0.2, 0.25) is 0 Å². The lowest BCUT2D eigenvalue weighted by Crippen LogP contribution is -2.16. The van der Waals surface area contributed by atoms with Crippen molar-refractivity contribution in [3.63, 3.8) is 0 Å². The summed E-state index contributed by atoms with van der Waals surface area (Å²) in [5.74, 6) is 1.17. The van der Waals surface area contributed by atoms with Gasteiger partial charge in [0, 0.05) is 18.3 Å². The summed E-state index contributed by atoms with van der Waals surface area (Å²) in [5.41, 5.74) is 4.59. The summed E-state index contributed by atoms with van der Waals surface area (Å²) >= 11 is 0. The van der Waals surface area contributed by atoms with Crippen molar-refractivity contribution in [3.8, 4) is 11.5 Å². The van der Waals surface area contributed by atoms with E-state index < -0.39 is 0 Å². The molecule has 0 atom stereocenters. The maximum Gasteiger partial charge on any atom is 0.247 e. The van der Waals surface area contributed by atoms with Crippen molar-refractivity contribution in [1.82, 2.24) is 10.2 Å². The number of hydrogen-bond acceptors (Lipinski definition) is 4. The largest absolute Gasteiger partial charge is 0.419 e. The Morgan fingerprint density at radius 2 is 1.64 bits per heavy atom. The van der Waals surface area contributed by atoms with Gasteiger partial charge in [-0.3, -0.25) is 0 Å². The fraction of sp³-hybridized carbons (Fsp3) is 0.222. The highest BCUT2D eigenvalue weighted by molar-refractivity contribution is 5.52. The van der Waals surface area contributed by atoms with Crippen LogP contribution in [0.1, 0.15) is 17.0 Å². The fourth-order valence-electron chi connectivity index (χ4n) is 2.48. The van der Waals surface area contributed by atoms with Gasteiger partial charge in [0.05, 0.1) is 6.54 Å². The summed E-state index contributed by atoms with van der Waals surface area (Å²) in [5, 5.41) is 8.27. The molecule has 0 bridgehead atoms. The van der Waals surface area contributed by atoms with Crippen molar-refractivity contribution in [1.29, 1.82) is 0 Å². The van der Waals surface area contributed by atoms with E-state index in [4.69, 9.17) is 4.42 Å². The molecule has 2 aromatic carbocycles. The zero-order chi connectivity index (χ0) is 15.5. The summed E-state index contributed by atoms with van der Waals surface area (Å²) in [6.07, 6.45) is 0. The highest BCUT2D eigenvalue weighted by Crippen LogP contribution is 2.21. The van der Waals surface area contributed by atoms with E-state index in [1.165, 1.54) is 11.1 Å². The molecule has 0 aliphatic heterocycles. The SMILES string of the molecule is Cc1cc(C)cc(N(C)Cc2nnc(-c3ccccc3)o2)c1. The molecule has 0 saturated carbocycles. The van der Waals surface area contributed by atoms with Gasteiger partial charge in [0.1, 0.15) is 0 Å². The monoisotopic (exact) mass is 293 g/mol. The topological polar surface area (TPSA) is 42.2 Å². The second-order valence-electron chi connectivity index (χ2n) is 5.57. The van der Waals surface area contributed by atoms with E-state index in [-0.39, 0.29) is 0 Å². The summed E-state index contributed by atoms with van der Waals surface area (Å²) in [7, 11) is 2.03. The predicted octanol–water partition coefficient (Wildman–Crippen LogP) is 3.99. The molecule has 0 N–H and O–H groups in total. The van der Waals surface area contributed by atoms with E-state index in [0.29, 0.717) is 18.3 Å². The third-order valence-electron chi connectivity index (χ3n) is 3.51. The molecule has 1 heterocycles. The molecule has 0 spiro atoms. The molecule has 22 heavy (non-hydrogen) atoms. The first-order chi connectivity index (χ1) is 10.6. The van der Waals surface area contributed by atoms with E-state index in [1.54, 1.807) is 0 Å². The Kier molecular flexibility index (Phi) is 3.92. The van der Waals surface area contributed by atoms with Crippen LogP contribution in [-0.4, -0.2) is 17.2 Å². The average molecular weight is 293 g/mol. The molecule has 0 aliphatic rings. The molecular formula is C18H19N3O. The van der Waals surface area contributed by atoms with Gasteiger partial charge in [-0.05, 0) is 49.2 Å². The van der Waals surface area contributed by atoms with Gasteiger partial charge in [-0.2, -0.15) is 0 Å². The van der Waals surface area contributed by atoms with Gasteiger partial charge in [-0.25, -0.2) is 0 Å². The minimum absolute atomic E-state index is 0.560. The van der Waals surface area contributed by atoms with Crippen LogP contribution in [0.3, 0.4) is 0 Å². The first-order valence-electron chi connectivity index (χ1n) is 7.29. The Hall–Kier alpha value is -2.62. The minimum atomic E-state index is 0.560. The zero-order valence-corrected chi connectivity index (χ0v) is 13.1. The average Bonchev–Trinajstić information content (AvgIpc) is 2.95. The Bertz CT molecular complexity index is 745. The summed E-state index contributed by atoms with van der Waals surface area (Å²) in [6.45, 7) is 4.79. The molecule has 0 aliphatic carbocycles. The van der Waals surface area contributed by atoms with Crippen molar-refractivity contribution in [2.75, 3.05) is 11.9 Å². The third kappa shape index (κ3) is 3.17. The number of aromatic nitrogens is 2. The van der Waals surface area contributed by atoms with E-state index >= 15 is 0 Å². The Morgan fingerprint density at radius 1 is 0.955 bits per heavy atom. The lowest BCUT2D eigenvalue weighted by molar-refractivity contribution is 0.503. The molecule has 0 amide bonds. The van der Waals surface area contributed by atoms with E-state index in [1.807, 2.05) is 37.4 Å². The molecular weight excluding hydrogens is 274 g/mol. The van der Waals surface area contributed by atoms with Crippen molar-refractivity contribution in [3.05, 3.63) is 65.5 Å². The maximum atomic E-state index is 5.76. The van der Waals surface area contributed by atoms with Gasteiger partial charge in [-0.1, -0.05) is 24.3 Å². The van der Waals surface area contributed by atoms with E-state index in [9.17, 15) is 0 Å². The predicted molar refractivity (Wildman–Crippen MR) is 87.8 cm³/mol. The second-order valence-corrected chi connectivity index (χ2v) is 5.57. The number of aryl methyl sites for hydroxylation is 2. The number of nitrogens with zero attached hydrogens (tertiary/aromatic N) is 3. The second kappa shape index (κ2) is 6.02. The highest BCUT2D eigenvalue weighted by Gasteiger charge is 2.11. The van der Waals surface area contributed by atoms with Crippen LogP contribution >= 0.6 is 0 Å². The Balaban J connectivity index is 1.77. The van der Waals surface area contributed by atoms with Crippen molar-refractivity contribution in [2.24, 2.45) is 0 Å². The smallest absolute Gasteiger partial charge is 0.247 e. The zero-order valence-electron chi connectivity index (χ0n) is 13.1. The number of rotatable bonds is 4. The Labute approximate surface area is 130 Å². The molecule has 1 aromatic heterocycles. The van der Waals surface area contributed by atoms with Crippen LogP contribution in [0.4, 0.5) is 5.69 Å². The molecule has 4 heteroatoms. The molecule has 3 rings (SSSR count). The van der Waals surface area contributed by atoms with Crippen molar-refractivity contribution < 1.29 is 4.42 Å². The molecule has 0 saturated heterocycles. The molecule has 0 radical (unpaired) electrons. The molecule has 112 valence electrons. The third-order valence-corrected chi connectivity index (χ3v) is 3.51. The lowest BCUT2D eigenvalue weighted by Gasteiger charge is -2.18. The maximum absolute atomic E-state index is 5.76. The molecule has 0 unspecified atom stereocenters. The van der Waals surface area contributed by atoms with Gasteiger partial charge in [-0.15, -0.1) is 10.2 Å². The fourth-order valence-corrected chi connectivity index (χ4v) is 2.48. The van der Waals surface area contributed by atoms with Crippen molar-refractivity contribution >= 4 is 5.69 Å². The van der Waals surface area contributed by atoms with Gasteiger partial charge in [0.15, 0.2) is 0 Å². The molecule has 4 nitrogen and oxygen atoms in total. The summed E-state index contributed by atoms with van der Waals surface area (Å²) in [6, 6.07) is 16.3. The summed E-state index contributed by atoms with van der Waals surface area (Å²) in [4.78, 5) is 2.11. The standard InChI is InChI=1S/C18H19N3O/c1-13-9-14(2)11-16(10-13)21(3)12-17-19-20-18(22-17)15-7-5-4-6-8-15/h4-11H,12H2,1-3H3. The normalized spacial score (nSPS) is 10.7. The Morgan fingerprint density at radius 3 is 2.32 bits per heavy atom. The first kappa shape index (κ1) is 14.3. The molecule has 3 aromatic rings. The first-order valence-corrected chi connectivity index (χ1v) is 7.29. The van der Waals surface area contributed by atoms with Crippen molar-refractivity contribution in [2.45, 2.75) is 20.4 Å². The van der Waals surface area contributed by atoms with Gasteiger partial charge >= 0.3 is 0 Å². The van der Waals surface area contributed by atoms with E-state index in [2.05, 4.69) is 47.1 Å². The highest BCUT2D eigenvalue weighted by atomic mass is 16.4. The van der Waals surface area contributed by atoms with Crippen LogP contribution in [0, 0.1) is 13.8 Å². The van der Waals surface area contributed by atoms with Crippen LogP contribution in [0.5, 0.6) is 0 Å². The van der Waals surface area contributed by atoms with Gasteiger partial charge < -0.3 is 9.32 Å². The number of hydrogen-bond donors (Lipinski definition) is 0. The van der Waals surface area contributed by atoms with Crippen LogP contribution in [0.25, 0.3) is 11.5 Å². The van der Waals surface area contributed by atoms with Crippen LogP contribution < -0.4 is 4.90 Å². The quantitative estimate of drug-likeness (QED) is 0.729. The summed E-state index contributed by atoms with van der Waals surface area (Å²) < 4.78 is 5.76. The van der Waals surface area contributed by atoms with Gasteiger partial charge in [0.2, 0.25) is 11.8 Å². The van der Waals surface area contributed by atoms with Crippen LogP contribution in [-0.2, 0) is 6.54 Å². The van der Waals surface area contributed by atoms with Crippen LogP contribution in [0.15, 0.2) is 52.9 Å². The lowest BCUT2D eigenvalue weighted by atomic mass is 10.1. The minimum Gasteiger partial charge on any atom is -0.419 e. The van der Waals surface area contributed by atoms with E-state index in [0.717, 1.165) is 11.3 Å². The van der Waals surface area contributed by atoms with Gasteiger partial charge in [0.25, 0.3) is 0 Å². The molecule has 0 fully saturated rings. The number of benzene rings is 2.